The van der Waals surface area contributed by atoms with Crippen molar-refractivity contribution >= 4 is 22.5 Å². The van der Waals surface area contributed by atoms with Gasteiger partial charge in [-0.15, -0.1) is 0 Å². The Morgan fingerprint density at radius 1 is 1.45 bits per heavy atom. The monoisotopic (exact) mass is 166 g/mol. The number of nitrogens with one attached hydrogen (secondary N) is 1. The van der Waals surface area contributed by atoms with E-state index in [1.807, 2.05) is 19.1 Å². The maximum Gasteiger partial charge on any atom is 0.0694 e. The topological polar surface area (TPSA) is 28.7 Å². The van der Waals surface area contributed by atoms with Gasteiger partial charge in [-0.05, 0) is 24.6 Å². The molecule has 0 radical (unpaired) electrons. The minimum absolute atomic E-state index is 0.779. The van der Waals surface area contributed by atoms with Gasteiger partial charge in [0.2, 0.25) is 0 Å². The quantitative estimate of drug-likeness (QED) is 0.640. The number of rotatable bonds is 0. The minimum atomic E-state index is 0.779. The van der Waals surface area contributed by atoms with Crippen molar-refractivity contribution in [3.63, 3.8) is 0 Å². The van der Waals surface area contributed by atoms with E-state index in [-0.39, 0.29) is 0 Å². The highest BCUT2D eigenvalue weighted by molar-refractivity contribution is 6.32. The number of H-pyrrole nitrogens is 1. The van der Waals surface area contributed by atoms with Crippen LogP contribution < -0.4 is 0 Å². The lowest BCUT2D eigenvalue weighted by atomic mass is 10.2. The fourth-order valence-electron chi connectivity index (χ4n) is 1.13. The van der Waals surface area contributed by atoms with Crippen LogP contribution in [0.3, 0.4) is 0 Å². The van der Waals surface area contributed by atoms with Gasteiger partial charge in [0.05, 0.1) is 11.7 Å². The number of aromatic nitrogens is 2. The molecule has 0 fully saturated rings. The van der Waals surface area contributed by atoms with E-state index in [9.17, 15) is 0 Å². The third-order valence-corrected chi connectivity index (χ3v) is 2.22. The second-order valence-corrected chi connectivity index (χ2v) is 2.91. The molecule has 1 N–H and O–H groups in total. The fourth-order valence-corrected chi connectivity index (χ4v) is 1.29. The Kier molecular flexibility index (Phi) is 1.36. The van der Waals surface area contributed by atoms with Crippen molar-refractivity contribution in [1.29, 1.82) is 0 Å². The summed E-state index contributed by atoms with van der Waals surface area (Å²) in [6.45, 7) is 1.98. The average Bonchev–Trinajstić information content (AvgIpc) is 2.45. The summed E-state index contributed by atoms with van der Waals surface area (Å²) in [4.78, 5) is 0. The SMILES string of the molecule is Cc1c(Cl)ccc2cn[nH]c12. The molecule has 1 aromatic carbocycles. The van der Waals surface area contributed by atoms with Gasteiger partial charge in [-0.2, -0.15) is 5.10 Å². The molecule has 1 aromatic heterocycles. The van der Waals surface area contributed by atoms with Gasteiger partial charge in [0, 0.05) is 10.4 Å². The smallest absolute Gasteiger partial charge is 0.0694 e. The Balaban J connectivity index is 2.93. The third-order valence-electron chi connectivity index (χ3n) is 1.81. The summed E-state index contributed by atoms with van der Waals surface area (Å²) in [5.74, 6) is 0. The van der Waals surface area contributed by atoms with Crippen LogP contribution in [0, 0.1) is 6.92 Å². The maximum atomic E-state index is 5.90. The molecule has 1 heterocycles. The molecule has 2 rings (SSSR count). The zero-order chi connectivity index (χ0) is 7.84. The van der Waals surface area contributed by atoms with Crippen LogP contribution in [0.2, 0.25) is 5.02 Å². The molecule has 0 aliphatic rings. The Hall–Kier alpha value is -1.02. The van der Waals surface area contributed by atoms with Crippen molar-refractivity contribution < 1.29 is 0 Å². The van der Waals surface area contributed by atoms with Gasteiger partial charge in [0.25, 0.3) is 0 Å². The second-order valence-electron chi connectivity index (χ2n) is 2.51. The molecule has 2 aromatic rings. The van der Waals surface area contributed by atoms with Crippen LogP contribution in [0.5, 0.6) is 0 Å². The molecule has 0 amide bonds. The van der Waals surface area contributed by atoms with Crippen LogP contribution in [0.25, 0.3) is 10.9 Å². The van der Waals surface area contributed by atoms with E-state index in [1.54, 1.807) is 6.20 Å². The first-order chi connectivity index (χ1) is 5.29. The lowest BCUT2D eigenvalue weighted by Gasteiger charge is -1.96. The lowest BCUT2D eigenvalue weighted by molar-refractivity contribution is 1.11. The van der Waals surface area contributed by atoms with Crippen molar-refractivity contribution in [2.24, 2.45) is 0 Å². The first-order valence-electron chi connectivity index (χ1n) is 3.37. The maximum absolute atomic E-state index is 5.90. The van der Waals surface area contributed by atoms with Crippen LogP contribution in [0.1, 0.15) is 5.56 Å². The zero-order valence-corrected chi connectivity index (χ0v) is 6.81. The van der Waals surface area contributed by atoms with Crippen molar-refractivity contribution in [3.05, 3.63) is 28.9 Å². The Bertz CT molecular complexity index is 392. The summed E-state index contributed by atoms with van der Waals surface area (Å²) >= 11 is 5.90. The summed E-state index contributed by atoms with van der Waals surface area (Å²) in [6.07, 6.45) is 1.79. The molecule has 0 saturated carbocycles. The summed E-state index contributed by atoms with van der Waals surface area (Å²) in [7, 11) is 0. The van der Waals surface area contributed by atoms with E-state index < -0.39 is 0 Å². The Labute approximate surface area is 69.2 Å². The van der Waals surface area contributed by atoms with E-state index in [4.69, 9.17) is 11.6 Å². The van der Waals surface area contributed by atoms with Crippen LogP contribution in [-0.2, 0) is 0 Å². The van der Waals surface area contributed by atoms with Crippen LogP contribution in [0.4, 0.5) is 0 Å². The van der Waals surface area contributed by atoms with Gasteiger partial charge in [-0.1, -0.05) is 11.6 Å². The molecule has 0 saturated heterocycles. The third kappa shape index (κ3) is 0.906. The number of halogens is 1. The normalized spacial score (nSPS) is 10.7. The van der Waals surface area contributed by atoms with Gasteiger partial charge in [0.1, 0.15) is 0 Å². The molecule has 3 heteroatoms. The minimum Gasteiger partial charge on any atom is -0.278 e. The van der Waals surface area contributed by atoms with Crippen molar-refractivity contribution in [3.8, 4) is 0 Å². The lowest BCUT2D eigenvalue weighted by Crippen LogP contribution is -1.77. The molecular weight excluding hydrogens is 160 g/mol. The highest BCUT2D eigenvalue weighted by Crippen LogP contribution is 2.22. The molecule has 56 valence electrons. The standard InChI is InChI=1S/C8H7ClN2/c1-5-7(9)3-2-6-4-10-11-8(5)6/h2-4H,1H3,(H,10,11). The van der Waals surface area contributed by atoms with Crippen LogP contribution in [-0.4, -0.2) is 10.2 Å². The number of aryl methyl sites for hydroxylation is 1. The summed E-state index contributed by atoms with van der Waals surface area (Å²) < 4.78 is 0. The first-order valence-corrected chi connectivity index (χ1v) is 3.75. The molecule has 0 spiro atoms. The van der Waals surface area contributed by atoms with Gasteiger partial charge in [-0.3, -0.25) is 5.10 Å². The zero-order valence-electron chi connectivity index (χ0n) is 6.06. The predicted molar refractivity (Wildman–Crippen MR) is 45.8 cm³/mol. The van der Waals surface area contributed by atoms with Gasteiger partial charge < -0.3 is 0 Å². The van der Waals surface area contributed by atoms with E-state index in [0.29, 0.717) is 0 Å². The van der Waals surface area contributed by atoms with E-state index in [0.717, 1.165) is 21.5 Å². The predicted octanol–water partition coefficient (Wildman–Crippen LogP) is 2.52. The molecule has 0 aliphatic heterocycles. The molecule has 2 nitrogen and oxygen atoms in total. The number of hydrogen-bond donors (Lipinski definition) is 1. The van der Waals surface area contributed by atoms with Crippen LogP contribution >= 0.6 is 11.6 Å². The number of fused-ring (bicyclic) bond motifs is 1. The number of hydrogen-bond acceptors (Lipinski definition) is 1. The van der Waals surface area contributed by atoms with Gasteiger partial charge >= 0.3 is 0 Å². The van der Waals surface area contributed by atoms with Gasteiger partial charge in [0.15, 0.2) is 0 Å². The Morgan fingerprint density at radius 3 is 3.09 bits per heavy atom. The highest BCUT2D eigenvalue weighted by Gasteiger charge is 2.01. The summed E-state index contributed by atoms with van der Waals surface area (Å²) in [6, 6.07) is 3.84. The largest absolute Gasteiger partial charge is 0.278 e. The van der Waals surface area contributed by atoms with E-state index in [2.05, 4.69) is 10.2 Å². The fraction of sp³-hybridized carbons (Fsp3) is 0.125. The molecule has 0 unspecified atom stereocenters. The average molecular weight is 167 g/mol. The van der Waals surface area contributed by atoms with Crippen molar-refractivity contribution in [2.45, 2.75) is 6.92 Å². The van der Waals surface area contributed by atoms with E-state index in [1.165, 1.54) is 0 Å². The summed E-state index contributed by atoms with van der Waals surface area (Å²) in [5.41, 5.74) is 2.08. The van der Waals surface area contributed by atoms with Crippen molar-refractivity contribution in [1.82, 2.24) is 10.2 Å². The second kappa shape index (κ2) is 2.24. The molecule has 0 aliphatic carbocycles. The van der Waals surface area contributed by atoms with Crippen LogP contribution in [0.15, 0.2) is 18.3 Å². The first kappa shape index (κ1) is 6.68. The Morgan fingerprint density at radius 2 is 2.27 bits per heavy atom. The number of nitrogens with zero attached hydrogens (tertiary/aromatic N) is 1. The summed E-state index contributed by atoms with van der Waals surface area (Å²) in [5, 5.41) is 8.70. The van der Waals surface area contributed by atoms with Gasteiger partial charge in [-0.25, -0.2) is 0 Å². The number of benzene rings is 1. The molecule has 0 atom stereocenters. The highest BCUT2D eigenvalue weighted by atomic mass is 35.5. The van der Waals surface area contributed by atoms with E-state index >= 15 is 0 Å². The number of aromatic amines is 1. The molecular formula is C8H7ClN2. The molecule has 11 heavy (non-hydrogen) atoms. The van der Waals surface area contributed by atoms with Crippen molar-refractivity contribution in [2.75, 3.05) is 0 Å². The molecule has 0 bridgehead atoms.